The van der Waals surface area contributed by atoms with Gasteiger partial charge in [-0.05, 0) is 0 Å². The van der Waals surface area contributed by atoms with Crippen LogP contribution in [0.2, 0.25) is 0 Å². The lowest BCUT2D eigenvalue weighted by Gasteiger charge is -2.32. The third-order valence-corrected chi connectivity index (χ3v) is 4.11. The van der Waals surface area contributed by atoms with Gasteiger partial charge < -0.3 is 10.1 Å². The van der Waals surface area contributed by atoms with Crippen molar-refractivity contribution in [1.82, 2.24) is 24.6 Å². The van der Waals surface area contributed by atoms with E-state index in [0.29, 0.717) is 18.3 Å². The van der Waals surface area contributed by atoms with Gasteiger partial charge in [0.05, 0.1) is 24.9 Å². The standard InChI is InChI=1S/C13H18N6O2S/c1-10(20)16-13-17-11(7-22-13)4-18-2-3-21-12(5-18)6-19-9-14-8-15-19/h7-9,12H,2-6H2,1H3,(H,16,17,20)/t12-/m1/s1. The highest BCUT2D eigenvalue weighted by molar-refractivity contribution is 7.13. The summed E-state index contributed by atoms with van der Waals surface area (Å²) in [5.74, 6) is -0.0971. The summed E-state index contributed by atoms with van der Waals surface area (Å²) in [6.45, 7) is 5.34. The topological polar surface area (TPSA) is 85.2 Å². The number of nitrogens with one attached hydrogen (secondary N) is 1. The highest BCUT2D eigenvalue weighted by Crippen LogP contribution is 2.18. The Labute approximate surface area is 132 Å². The molecule has 9 heteroatoms. The maximum atomic E-state index is 11.0. The largest absolute Gasteiger partial charge is 0.374 e. The zero-order valence-corrected chi connectivity index (χ0v) is 13.1. The van der Waals surface area contributed by atoms with E-state index in [1.807, 2.05) is 5.38 Å². The van der Waals surface area contributed by atoms with Crippen molar-refractivity contribution in [3.8, 4) is 0 Å². The van der Waals surface area contributed by atoms with E-state index in [0.717, 1.165) is 25.3 Å². The molecule has 8 nitrogen and oxygen atoms in total. The number of anilines is 1. The van der Waals surface area contributed by atoms with Gasteiger partial charge in [0.2, 0.25) is 5.91 Å². The quantitative estimate of drug-likeness (QED) is 0.867. The molecule has 0 saturated carbocycles. The van der Waals surface area contributed by atoms with Crippen LogP contribution in [0.25, 0.3) is 0 Å². The SMILES string of the molecule is CC(=O)Nc1nc(CN2CCO[C@@H](Cn3cncn3)C2)cs1. The number of hydrogen-bond acceptors (Lipinski definition) is 7. The molecular weight excluding hydrogens is 304 g/mol. The maximum absolute atomic E-state index is 11.0. The molecule has 1 atom stereocenters. The second kappa shape index (κ2) is 6.95. The van der Waals surface area contributed by atoms with Gasteiger partial charge >= 0.3 is 0 Å². The van der Waals surface area contributed by atoms with Crippen LogP contribution in [0.4, 0.5) is 5.13 Å². The van der Waals surface area contributed by atoms with E-state index in [4.69, 9.17) is 4.74 Å². The number of carbonyl (C=O) groups excluding carboxylic acids is 1. The lowest BCUT2D eigenvalue weighted by Crippen LogP contribution is -2.43. The molecule has 1 saturated heterocycles. The number of morpholine rings is 1. The fourth-order valence-electron chi connectivity index (χ4n) is 2.39. The number of nitrogens with zero attached hydrogens (tertiary/aromatic N) is 5. The van der Waals surface area contributed by atoms with Crippen molar-refractivity contribution in [1.29, 1.82) is 0 Å². The molecule has 0 aliphatic carbocycles. The molecule has 0 radical (unpaired) electrons. The van der Waals surface area contributed by atoms with Crippen molar-refractivity contribution >= 4 is 22.4 Å². The Kier molecular flexibility index (Phi) is 4.76. The van der Waals surface area contributed by atoms with Crippen molar-refractivity contribution in [2.75, 3.05) is 25.0 Å². The third-order valence-electron chi connectivity index (χ3n) is 3.30. The van der Waals surface area contributed by atoms with E-state index in [1.165, 1.54) is 24.6 Å². The lowest BCUT2D eigenvalue weighted by atomic mass is 10.2. The number of rotatable bonds is 5. The summed E-state index contributed by atoms with van der Waals surface area (Å²) in [5.41, 5.74) is 0.968. The Morgan fingerprint density at radius 3 is 3.27 bits per heavy atom. The summed E-state index contributed by atoms with van der Waals surface area (Å²) in [7, 11) is 0. The van der Waals surface area contributed by atoms with Gasteiger partial charge in [0.25, 0.3) is 0 Å². The van der Waals surface area contributed by atoms with Crippen LogP contribution < -0.4 is 5.32 Å². The van der Waals surface area contributed by atoms with Crippen LogP contribution in [0.5, 0.6) is 0 Å². The van der Waals surface area contributed by atoms with Crippen LogP contribution in [-0.4, -0.2) is 56.4 Å². The van der Waals surface area contributed by atoms with Crippen LogP contribution >= 0.6 is 11.3 Å². The van der Waals surface area contributed by atoms with E-state index in [9.17, 15) is 4.79 Å². The normalized spacial score (nSPS) is 19.2. The first-order valence-electron chi connectivity index (χ1n) is 7.07. The molecule has 1 aliphatic rings. The van der Waals surface area contributed by atoms with Crippen molar-refractivity contribution in [3.05, 3.63) is 23.7 Å². The molecular formula is C13H18N6O2S. The number of ether oxygens (including phenoxy) is 1. The number of thiazole rings is 1. The Bertz CT molecular complexity index is 614. The minimum atomic E-state index is -0.0971. The van der Waals surface area contributed by atoms with Crippen LogP contribution in [0, 0.1) is 0 Å². The smallest absolute Gasteiger partial charge is 0.223 e. The van der Waals surface area contributed by atoms with Crippen LogP contribution in [-0.2, 0) is 22.6 Å². The molecule has 22 heavy (non-hydrogen) atoms. The van der Waals surface area contributed by atoms with Gasteiger partial charge in [-0.25, -0.2) is 9.97 Å². The van der Waals surface area contributed by atoms with Gasteiger partial charge in [-0.1, -0.05) is 0 Å². The van der Waals surface area contributed by atoms with E-state index in [2.05, 4.69) is 25.3 Å². The highest BCUT2D eigenvalue weighted by atomic mass is 32.1. The van der Waals surface area contributed by atoms with Gasteiger partial charge in [-0.15, -0.1) is 11.3 Å². The first-order chi connectivity index (χ1) is 10.7. The minimum Gasteiger partial charge on any atom is -0.374 e. The summed E-state index contributed by atoms with van der Waals surface area (Å²) in [6.07, 6.45) is 3.32. The molecule has 1 aliphatic heterocycles. The van der Waals surface area contributed by atoms with Gasteiger partial charge in [0.15, 0.2) is 5.13 Å². The molecule has 0 aromatic carbocycles. The average molecular weight is 322 g/mol. The molecule has 118 valence electrons. The minimum absolute atomic E-state index is 0.0971. The zero-order chi connectivity index (χ0) is 15.4. The Morgan fingerprint density at radius 1 is 1.59 bits per heavy atom. The Hall–Kier alpha value is -1.84. The molecule has 0 bridgehead atoms. The number of amides is 1. The van der Waals surface area contributed by atoms with E-state index < -0.39 is 0 Å². The lowest BCUT2D eigenvalue weighted by molar-refractivity contribution is -0.114. The van der Waals surface area contributed by atoms with Crippen LogP contribution in [0.1, 0.15) is 12.6 Å². The first kappa shape index (κ1) is 15.1. The molecule has 1 amide bonds. The summed E-state index contributed by atoms with van der Waals surface area (Å²) in [6, 6.07) is 0. The van der Waals surface area contributed by atoms with Crippen LogP contribution in [0.15, 0.2) is 18.0 Å². The molecule has 1 fully saturated rings. The molecule has 2 aromatic rings. The molecule has 0 spiro atoms. The fraction of sp³-hybridized carbons (Fsp3) is 0.538. The summed E-state index contributed by atoms with van der Waals surface area (Å²) < 4.78 is 7.56. The molecule has 2 aromatic heterocycles. The molecule has 1 N–H and O–H groups in total. The third kappa shape index (κ3) is 4.09. The fourth-order valence-corrected chi connectivity index (χ4v) is 3.13. The van der Waals surface area contributed by atoms with Gasteiger partial charge in [0, 0.05) is 31.9 Å². The van der Waals surface area contributed by atoms with Gasteiger partial charge in [-0.3, -0.25) is 14.4 Å². The zero-order valence-electron chi connectivity index (χ0n) is 12.3. The Balaban J connectivity index is 1.53. The monoisotopic (exact) mass is 322 g/mol. The van der Waals surface area contributed by atoms with Crippen molar-refractivity contribution in [3.63, 3.8) is 0 Å². The summed E-state index contributed by atoms with van der Waals surface area (Å²) >= 11 is 1.45. The second-order valence-electron chi connectivity index (χ2n) is 5.17. The van der Waals surface area contributed by atoms with Gasteiger partial charge in [-0.2, -0.15) is 5.10 Å². The molecule has 0 unspecified atom stereocenters. The van der Waals surface area contributed by atoms with Crippen molar-refractivity contribution in [2.45, 2.75) is 26.1 Å². The number of carbonyl (C=O) groups is 1. The van der Waals surface area contributed by atoms with Crippen LogP contribution in [0.3, 0.4) is 0 Å². The van der Waals surface area contributed by atoms with E-state index in [-0.39, 0.29) is 12.0 Å². The van der Waals surface area contributed by atoms with Crippen molar-refractivity contribution < 1.29 is 9.53 Å². The maximum Gasteiger partial charge on any atom is 0.223 e. The van der Waals surface area contributed by atoms with E-state index in [1.54, 1.807) is 11.0 Å². The van der Waals surface area contributed by atoms with Gasteiger partial charge in [0.1, 0.15) is 12.7 Å². The summed E-state index contributed by atoms with van der Waals surface area (Å²) in [5, 5.41) is 9.44. The highest BCUT2D eigenvalue weighted by Gasteiger charge is 2.22. The summed E-state index contributed by atoms with van der Waals surface area (Å²) in [4.78, 5) is 21.7. The second-order valence-corrected chi connectivity index (χ2v) is 6.03. The average Bonchev–Trinajstić information content (AvgIpc) is 3.11. The Morgan fingerprint density at radius 2 is 2.50 bits per heavy atom. The predicted octanol–water partition coefficient (Wildman–Crippen LogP) is 0.594. The van der Waals surface area contributed by atoms with E-state index >= 15 is 0 Å². The molecule has 3 heterocycles. The number of aromatic nitrogens is 4. The molecule has 3 rings (SSSR count). The number of hydrogen-bond donors (Lipinski definition) is 1. The predicted molar refractivity (Wildman–Crippen MR) is 81.5 cm³/mol. The first-order valence-corrected chi connectivity index (χ1v) is 7.95. The van der Waals surface area contributed by atoms with Crippen molar-refractivity contribution in [2.24, 2.45) is 0 Å².